The first-order valence-corrected chi connectivity index (χ1v) is 7.69. The number of nitrogens with zero attached hydrogens (tertiary/aromatic N) is 2. The highest BCUT2D eigenvalue weighted by atomic mass is 32.1. The highest BCUT2D eigenvalue weighted by Crippen LogP contribution is 2.30. The zero-order valence-electron chi connectivity index (χ0n) is 12.2. The summed E-state index contributed by atoms with van der Waals surface area (Å²) >= 11 is 5.61. The summed E-state index contributed by atoms with van der Waals surface area (Å²) in [5.74, 6) is 0. The lowest BCUT2D eigenvalue weighted by molar-refractivity contribution is 0.304. The molecular formula is C15H25N3S. The molecule has 2 rings (SSSR count). The fourth-order valence-electron chi connectivity index (χ4n) is 2.81. The summed E-state index contributed by atoms with van der Waals surface area (Å²) in [7, 11) is 2.12. The topological polar surface area (TPSA) is 20.2 Å². The van der Waals surface area contributed by atoms with Crippen LogP contribution in [0.4, 0.5) is 0 Å². The number of rotatable bonds is 2. The Kier molecular flexibility index (Phi) is 4.86. The van der Waals surface area contributed by atoms with Crippen molar-refractivity contribution in [3.8, 4) is 0 Å². The van der Waals surface area contributed by atoms with E-state index in [1.165, 1.54) is 31.4 Å². The van der Waals surface area contributed by atoms with Gasteiger partial charge >= 0.3 is 0 Å². The number of thiocarbonyl (C=S) groups is 1. The zero-order valence-corrected chi connectivity index (χ0v) is 13.0. The molecule has 19 heavy (non-hydrogen) atoms. The lowest BCUT2D eigenvalue weighted by Crippen LogP contribution is -2.44. The van der Waals surface area contributed by atoms with E-state index in [1.54, 1.807) is 0 Å². The lowest BCUT2D eigenvalue weighted by atomic mass is 10.1. The van der Waals surface area contributed by atoms with Crippen LogP contribution in [0.25, 0.3) is 0 Å². The molecule has 0 spiro atoms. The Morgan fingerprint density at radius 1 is 1.37 bits per heavy atom. The summed E-state index contributed by atoms with van der Waals surface area (Å²) in [6, 6.07) is 5.16. The van der Waals surface area contributed by atoms with Crippen LogP contribution in [0.3, 0.4) is 0 Å². The molecule has 1 fully saturated rings. The summed E-state index contributed by atoms with van der Waals surface area (Å²) in [5, 5.41) is 4.31. The van der Waals surface area contributed by atoms with Gasteiger partial charge in [-0.25, -0.2) is 0 Å². The monoisotopic (exact) mass is 279 g/mol. The second-order valence-corrected chi connectivity index (χ2v) is 6.09. The molecule has 0 saturated carbocycles. The molecule has 0 aliphatic carbocycles. The van der Waals surface area contributed by atoms with Crippen LogP contribution in [-0.2, 0) is 7.05 Å². The molecule has 0 amide bonds. The standard InChI is InChI=1S/C15H25N3S/c1-12(2)16-15(19)18-11-6-4-5-8-14(18)13-9-7-10-17(13)3/h7,9-10,12,14H,4-6,8,11H2,1-3H3,(H,16,19)/t14-/m0/s1. The van der Waals surface area contributed by atoms with Gasteiger partial charge in [0, 0.05) is 31.5 Å². The fraction of sp³-hybridized carbons (Fsp3) is 0.667. The molecular weight excluding hydrogens is 254 g/mol. The smallest absolute Gasteiger partial charge is 0.169 e. The Morgan fingerprint density at radius 2 is 2.16 bits per heavy atom. The van der Waals surface area contributed by atoms with Gasteiger partial charge in [-0.1, -0.05) is 12.8 Å². The van der Waals surface area contributed by atoms with Gasteiger partial charge in [0.1, 0.15) is 0 Å². The number of aromatic nitrogens is 1. The van der Waals surface area contributed by atoms with Crippen LogP contribution in [-0.4, -0.2) is 27.2 Å². The van der Waals surface area contributed by atoms with E-state index in [1.807, 2.05) is 0 Å². The zero-order chi connectivity index (χ0) is 13.8. The molecule has 1 aromatic rings. The van der Waals surface area contributed by atoms with E-state index < -0.39 is 0 Å². The van der Waals surface area contributed by atoms with Crippen molar-refractivity contribution in [3.63, 3.8) is 0 Å². The van der Waals surface area contributed by atoms with E-state index in [0.717, 1.165) is 11.7 Å². The second-order valence-electron chi connectivity index (χ2n) is 5.71. The Balaban J connectivity index is 2.21. The van der Waals surface area contributed by atoms with Crippen molar-refractivity contribution in [1.29, 1.82) is 0 Å². The normalized spacial score (nSPS) is 20.4. The van der Waals surface area contributed by atoms with Crippen LogP contribution in [0, 0.1) is 0 Å². The average Bonchev–Trinajstić information content (AvgIpc) is 2.63. The molecule has 2 heterocycles. The van der Waals surface area contributed by atoms with Crippen LogP contribution >= 0.6 is 12.2 Å². The molecule has 0 aromatic carbocycles. The molecule has 106 valence electrons. The van der Waals surface area contributed by atoms with Gasteiger partial charge in [0.05, 0.1) is 6.04 Å². The molecule has 1 saturated heterocycles. The molecule has 1 N–H and O–H groups in total. The third-order valence-corrected chi connectivity index (χ3v) is 4.10. The Hall–Kier alpha value is -1.03. The van der Waals surface area contributed by atoms with Crippen LogP contribution in [0.15, 0.2) is 18.3 Å². The number of likely N-dealkylation sites (tertiary alicyclic amines) is 1. The van der Waals surface area contributed by atoms with Crippen molar-refractivity contribution < 1.29 is 0 Å². The van der Waals surface area contributed by atoms with Crippen molar-refractivity contribution in [2.24, 2.45) is 7.05 Å². The predicted molar refractivity (Wildman–Crippen MR) is 84.2 cm³/mol. The van der Waals surface area contributed by atoms with Crippen LogP contribution in [0.5, 0.6) is 0 Å². The molecule has 3 nitrogen and oxygen atoms in total. The minimum atomic E-state index is 0.393. The van der Waals surface area contributed by atoms with E-state index in [2.05, 4.69) is 54.0 Å². The van der Waals surface area contributed by atoms with Crippen LogP contribution < -0.4 is 5.32 Å². The average molecular weight is 279 g/mol. The van der Waals surface area contributed by atoms with Crippen molar-refractivity contribution in [3.05, 3.63) is 24.0 Å². The maximum atomic E-state index is 5.61. The quantitative estimate of drug-likeness (QED) is 0.839. The second kappa shape index (κ2) is 6.42. The molecule has 1 aromatic heterocycles. The van der Waals surface area contributed by atoms with Crippen LogP contribution in [0.1, 0.15) is 51.3 Å². The molecule has 1 aliphatic rings. The maximum Gasteiger partial charge on any atom is 0.169 e. The summed E-state index contributed by atoms with van der Waals surface area (Å²) in [5.41, 5.74) is 1.37. The molecule has 0 radical (unpaired) electrons. The fourth-order valence-corrected chi connectivity index (χ4v) is 3.26. The van der Waals surface area contributed by atoms with Crippen molar-refractivity contribution in [2.75, 3.05) is 6.54 Å². The largest absolute Gasteiger partial charge is 0.360 e. The molecule has 4 heteroatoms. The highest BCUT2D eigenvalue weighted by molar-refractivity contribution is 7.80. The van der Waals surface area contributed by atoms with Gasteiger partial charge in [0.15, 0.2) is 5.11 Å². The summed E-state index contributed by atoms with van der Waals surface area (Å²) in [6.45, 7) is 5.34. The van der Waals surface area contributed by atoms with Crippen LogP contribution in [0.2, 0.25) is 0 Å². The van der Waals surface area contributed by atoms with E-state index >= 15 is 0 Å². The minimum absolute atomic E-state index is 0.393. The molecule has 1 aliphatic heterocycles. The number of hydrogen-bond acceptors (Lipinski definition) is 1. The third-order valence-electron chi connectivity index (χ3n) is 3.75. The minimum Gasteiger partial charge on any atom is -0.360 e. The van der Waals surface area contributed by atoms with Gasteiger partial charge in [-0.15, -0.1) is 0 Å². The number of aryl methyl sites for hydroxylation is 1. The maximum absolute atomic E-state index is 5.61. The number of hydrogen-bond donors (Lipinski definition) is 1. The number of nitrogens with one attached hydrogen (secondary N) is 1. The van der Waals surface area contributed by atoms with E-state index in [4.69, 9.17) is 12.2 Å². The first-order chi connectivity index (χ1) is 9.09. The van der Waals surface area contributed by atoms with Gasteiger partial charge in [0.2, 0.25) is 0 Å². The molecule has 0 bridgehead atoms. The SMILES string of the molecule is CC(C)NC(=S)N1CCCCC[C@H]1c1cccn1C. The van der Waals surface area contributed by atoms with Gasteiger partial charge in [-0.3, -0.25) is 0 Å². The van der Waals surface area contributed by atoms with Gasteiger partial charge in [-0.2, -0.15) is 0 Å². The van der Waals surface area contributed by atoms with Gasteiger partial charge < -0.3 is 14.8 Å². The predicted octanol–water partition coefficient (Wildman–Crippen LogP) is 3.23. The Morgan fingerprint density at radius 3 is 2.79 bits per heavy atom. The summed E-state index contributed by atoms with van der Waals surface area (Å²) < 4.78 is 2.22. The highest BCUT2D eigenvalue weighted by Gasteiger charge is 2.26. The van der Waals surface area contributed by atoms with E-state index in [-0.39, 0.29) is 0 Å². The third kappa shape index (κ3) is 3.50. The Bertz CT molecular complexity index is 425. The molecule has 1 atom stereocenters. The van der Waals surface area contributed by atoms with E-state index in [0.29, 0.717) is 12.1 Å². The summed E-state index contributed by atoms with van der Waals surface area (Å²) in [4.78, 5) is 2.39. The Labute approximate surface area is 122 Å². The lowest BCUT2D eigenvalue weighted by Gasteiger charge is -2.33. The van der Waals surface area contributed by atoms with Crippen molar-refractivity contribution in [1.82, 2.24) is 14.8 Å². The van der Waals surface area contributed by atoms with Gasteiger partial charge in [0.25, 0.3) is 0 Å². The van der Waals surface area contributed by atoms with Crippen molar-refractivity contribution >= 4 is 17.3 Å². The van der Waals surface area contributed by atoms with Crippen molar-refractivity contribution in [2.45, 2.75) is 51.6 Å². The first-order valence-electron chi connectivity index (χ1n) is 7.28. The van der Waals surface area contributed by atoms with E-state index in [9.17, 15) is 0 Å². The first kappa shape index (κ1) is 14.4. The van der Waals surface area contributed by atoms with Gasteiger partial charge in [-0.05, 0) is 51.0 Å². The molecule has 0 unspecified atom stereocenters. The summed E-state index contributed by atoms with van der Waals surface area (Å²) in [6.07, 6.45) is 7.15.